The third kappa shape index (κ3) is 3.86. The molecule has 0 amide bonds. The molecule has 17 heavy (non-hydrogen) atoms. The molecule has 96 valence electrons. The molecule has 1 saturated carbocycles. The second-order valence-corrected chi connectivity index (χ2v) is 5.54. The third-order valence-corrected chi connectivity index (χ3v) is 4.29. The van der Waals surface area contributed by atoms with Crippen LogP contribution in [0.25, 0.3) is 0 Å². The molecule has 1 unspecified atom stereocenters. The summed E-state index contributed by atoms with van der Waals surface area (Å²) in [5.41, 5.74) is 0. The quantitative estimate of drug-likeness (QED) is 0.718. The van der Waals surface area contributed by atoms with Gasteiger partial charge in [-0.05, 0) is 18.3 Å². The smallest absolute Gasteiger partial charge is 0.0945 e. The molecule has 2 rings (SSSR count). The van der Waals surface area contributed by atoms with E-state index in [1.54, 1.807) is 0 Å². The van der Waals surface area contributed by atoms with Gasteiger partial charge in [0.15, 0.2) is 0 Å². The van der Waals surface area contributed by atoms with E-state index in [-0.39, 0.29) is 0 Å². The third-order valence-electron chi connectivity index (χ3n) is 4.29. The maximum absolute atomic E-state index is 4.12. The lowest BCUT2D eigenvalue weighted by Gasteiger charge is -2.30. The van der Waals surface area contributed by atoms with Crippen molar-refractivity contribution in [3.8, 4) is 0 Å². The molecule has 1 fully saturated rings. The molecular weight excluding hydrogens is 208 g/mol. The highest BCUT2D eigenvalue weighted by atomic mass is 15.0. The molecule has 0 radical (unpaired) electrons. The standard InChI is InChI=1S/C15H26N2/c1-2-6-14(15-7-4-3-5-8-15)9-11-17-12-10-16-13-17/h10,12-15H,2-9,11H2,1H3. The lowest BCUT2D eigenvalue weighted by Crippen LogP contribution is -2.19. The van der Waals surface area contributed by atoms with Crippen LogP contribution >= 0.6 is 0 Å². The Hall–Kier alpha value is -0.790. The van der Waals surface area contributed by atoms with Crippen LogP contribution in [-0.4, -0.2) is 9.55 Å². The van der Waals surface area contributed by atoms with Gasteiger partial charge in [-0.3, -0.25) is 0 Å². The minimum Gasteiger partial charge on any atom is -0.337 e. The van der Waals surface area contributed by atoms with E-state index in [4.69, 9.17) is 0 Å². The van der Waals surface area contributed by atoms with Crippen LogP contribution in [0.1, 0.15) is 58.3 Å². The van der Waals surface area contributed by atoms with Gasteiger partial charge in [-0.15, -0.1) is 0 Å². The fourth-order valence-electron chi connectivity index (χ4n) is 3.33. The summed E-state index contributed by atoms with van der Waals surface area (Å²) in [6, 6.07) is 0. The Kier molecular flexibility index (Phi) is 5.08. The Labute approximate surface area is 105 Å². The molecule has 1 aromatic rings. The molecule has 1 atom stereocenters. The van der Waals surface area contributed by atoms with Crippen molar-refractivity contribution in [3.05, 3.63) is 18.7 Å². The van der Waals surface area contributed by atoms with Crippen molar-refractivity contribution in [2.24, 2.45) is 11.8 Å². The number of imidazole rings is 1. The maximum atomic E-state index is 4.12. The maximum Gasteiger partial charge on any atom is 0.0945 e. The molecule has 0 bridgehead atoms. The number of hydrogen-bond donors (Lipinski definition) is 0. The van der Waals surface area contributed by atoms with Crippen LogP contribution in [0.5, 0.6) is 0 Å². The number of hydrogen-bond acceptors (Lipinski definition) is 1. The van der Waals surface area contributed by atoms with Crippen LogP contribution in [0.2, 0.25) is 0 Å². The Morgan fingerprint density at radius 3 is 2.71 bits per heavy atom. The van der Waals surface area contributed by atoms with Crippen LogP contribution in [0.3, 0.4) is 0 Å². The topological polar surface area (TPSA) is 17.8 Å². The minimum atomic E-state index is 0.947. The average Bonchev–Trinajstić information content (AvgIpc) is 2.88. The van der Waals surface area contributed by atoms with E-state index < -0.39 is 0 Å². The van der Waals surface area contributed by atoms with Crippen molar-refractivity contribution in [1.29, 1.82) is 0 Å². The fourth-order valence-corrected chi connectivity index (χ4v) is 3.33. The van der Waals surface area contributed by atoms with Gasteiger partial charge in [-0.2, -0.15) is 0 Å². The molecule has 2 nitrogen and oxygen atoms in total. The first kappa shape index (κ1) is 12.7. The van der Waals surface area contributed by atoms with Crippen molar-refractivity contribution in [2.45, 2.75) is 64.8 Å². The molecule has 0 N–H and O–H groups in total. The highest BCUT2D eigenvalue weighted by Gasteiger charge is 2.22. The highest BCUT2D eigenvalue weighted by Crippen LogP contribution is 2.34. The normalized spacial score (nSPS) is 19.4. The van der Waals surface area contributed by atoms with E-state index in [0.29, 0.717) is 0 Å². The zero-order valence-corrected chi connectivity index (χ0v) is 11.1. The van der Waals surface area contributed by atoms with E-state index in [2.05, 4.69) is 22.7 Å². The molecule has 0 aliphatic heterocycles. The molecular formula is C15H26N2. The van der Waals surface area contributed by atoms with Gasteiger partial charge >= 0.3 is 0 Å². The van der Waals surface area contributed by atoms with Gasteiger partial charge in [0.1, 0.15) is 0 Å². The summed E-state index contributed by atoms with van der Waals surface area (Å²) in [4.78, 5) is 4.12. The van der Waals surface area contributed by atoms with Crippen molar-refractivity contribution in [3.63, 3.8) is 0 Å². The highest BCUT2D eigenvalue weighted by molar-refractivity contribution is 4.77. The number of rotatable bonds is 6. The van der Waals surface area contributed by atoms with Gasteiger partial charge in [0.25, 0.3) is 0 Å². The van der Waals surface area contributed by atoms with E-state index in [1.165, 1.54) is 51.4 Å². The summed E-state index contributed by atoms with van der Waals surface area (Å²) >= 11 is 0. The predicted octanol–water partition coefficient (Wildman–Crippen LogP) is 4.27. The van der Waals surface area contributed by atoms with Crippen molar-refractivity contribution in [1.82, 2.24) is 9.55 Å². The first-order valence-corrected chi connectivity index (χ1v) is 7.36. The van der Waals surface area contributed by atoms with E-state index in [1.807, 2.05) is 12.5 Å². The van der Waals surface area contributed by atoms with Gasteiger partial charge in [0.05, 0.1) is 6.33 Å². The number of aromatic nitrogens is 2. The van der Waals surface area contributed by atoms with Gasteiger partial charge in [-0.1, -0.05) is 51.9 Å². The van der Waals surface area contributed by atoms with Gasteiger partial charge in [-0.25, -0.2) is 4.98 Å². The zero-order chi connectivity index (χ0) is 11.9. The summed E-state index contributed by atoms with van der Waals surface area (Å²) in [6.07, 6.45) is 17.4. The Morgan fingerprint density at radius 2 is 2.06 bits per heavy atom. The molecule has 2 heteroatoms. The van der Waals surface area contributed by atoms with Crippen molar-refractivity contribution in [2.75, 3.05) is 0 Å². The summed E-state index contributed by atoms with van der Waals surface area (Å²) in [5.74, 6) is 1.95. The summed E-state index contributed by atoms with van der Waals surface area (Å²) in [6.45, 7) is 3.48. The van der Waals surface area contributed by atoms with Crippen LogP contribution in [0.15, 0.2) is 18.7 Å². The molecule has 1 aromatic heterocycles. The Balaban J connectivity index is 1.82. The van der Waals surface area contributed by atoms with Crippen LogP contribution in [0.4, 0.5) is 0 Å². The number of aryl methyl sites for hydroxylation is 1. The molecule has 0 aromatic carbocycles. The van der Waals surface area contributed by atoms with Gasteiger partial charge in [0.2, 0.25) is 0 Å². The largest absolute Gasteiger partial charge is 0.337 e. The van der Waals surface area contributed by atoms with Crippen molar-refractivity contribution >= 4 is 0 Å². The monoisotopic (exact) mass is 234 g/mol. The molecule has 1 aliphatic carbocycles. The number of nitrogens with zero attached hydrogens (tertiary/aromatic N) is 2. The first-order chi connectivity index (χ1) is 8.40. The molecule has 0 saturated heterocycles. The van der Waals surface area contributed by atoms with Crippen LogP contribution < -0.4 is 0 Å². The second-order valence-electron chi connectivity index (χ2n) is 5.54. The van der Waals surface area contributed by atoms with Gasteiger partial charge < -0.3 is 4.57 Å². The molecule has 1 heterocycles. The molecule has 1 aliphatic rings. The lowest BCUT2D eigenvalue weighted by molar-refractivity contribution is 0.216. The van der Waals surface area contributed by atoms with Gasteiger partial charge in [0, 0.05) is 18.9 Å². The SMILES string of the molecule is CCCC(CCn1ccnc1)C1CCCCC1. The lowest BCUT2D eigenvalue weighted by atomic mass is 9.76. The van der Waals surface area contributed by atoms with Crippen LogP contribution in [-0.2, 0) is 6.54 Å². The summed E-state index contributed by atoms with van der Waals surface area (Å²) in [5, 5.41) is 0. The summed E-state index contributed by atoms with van der Waals surface area (Å²) < 4.78 is 2.23. The average molecular weight is 234 g/mol. The predicted molar refractivity (Wildman–Crippen MR) is 71.8 cm³/mol. The van der Waals surface area contributed by atoms with Crippen LogP contribution in [0, 0.1) is 11.8 Å². The van der Waals surface area contributed by atoms with Crippen molar-refractivity contribution < 1.29 is 0 Å². The first-order valence-electron chi connectivity index (χ1n) is 7.36. The fraction of sp³-hybridized carbons (Fsp3) is 0.800. The zero-order valence-electron chi connectivity index (χ0n) is 11.1. The Bertz CT molecular complexity index is 286. The second kappa shape index (κ2) is 6.83. The van der Waals surface area contributed by atoms with E-state index in [9.17, 15) is 0 Å². The van der Waals surface area contributed by atoms with E-state index in [0.717, 1.165) is 18.4 Å². The summed E-state index contributed by atoms with van der Waals surface area (Å²) in [7, 11) is 0. The molecule has 0 spiro atoms. The van der Waals surface area contributed by atoms with E-state index >= 15 is 0 Å². The minimum absolute atomic E-state index is 0.947. The Morgan fingerprint density at radius 1 is 1.24 bits per heavy atom.